The Morgan fingerprint density at radius 3 is 2.60 bits per heavy atom. The van der Waals surface area contributed by atoms with E-state index in [0.717, 1.165) is 5.69 Å². The summed E-state index contributed by atoms with van der Waals surface area (Å²) in [5.74, 6) is -0.264. The summed E-state index contributed by atoms with van der Waals surface area (Å²) in [6.07, 6.45) is 5.07. The number of hydrogen-bond acceptors (Lipinski definition) is 3. The normalized spacial score (nSPS) is 10.7. The molecule has 0 fully saturated rings. The molecule has 0 aliphatic rings. The fraction of sp³-hybridized carbons (Fsp3) is 0.0667. The van der Waals surface area contributed by atoms with Crippen molar-refractivity contribution >= 4 is 5.69 Å². The van der Waals surface area contributed by atoms with Crippen molar-refractivity contribution in [1.29, 1.82) is 0 Å². The summed E-state index contributed by atoms with van der Waals surface area (Å²) in [5, 5.41) is 4.42. The molecule has 0 unspecified atom stereocenters. The minimum absolute atomic E-state index is 0.264. The van der Waals surface area contributed by atoms with E-state index in [1.807, 2.05) is 18.2 Å². The molecular weight excluding hydrogens is 255 g/mol. The van der Waals surface area contributed by atoms with E-state index in [4.69, 9.17) is 5.73 Å². The second-order valence-electron chi connectivity index (χ2n) is 4.55. The van der Waals surface area contributed by atoms with Gasteiger partial charge >= 0.3 is 0 Å². The van der Waals surface area contributed by atoms with Crippen molar-refractivity contribution in [3.63, 3.8) is 0 Å². The van der Waals surface area contributed by atoms with Crippen LogP contribution in [-0.4, -0.2) is 14.8 Å². The van der Waals surface area contributed by atoms with Gasteiger partial charge in [-0.1, -0.05) is 12.1 Å². The molecule has 1 aromatic carbocycles. The highest BCUT2D eigenvalue weighted by Crippen LogP contribution is 2.26. The summed E-state index contributed by atoms with van der Waals surface area (Å²) < 4.78 is 15.3. The molecule has 100 valence electrons. The van der Waals surface area contributed by atoms with Gasteiger partial charge in [-0.15, -0.1) is 0 Å². The predicted octanol–water partition coefficient (Wildman–Crippen LogP) is 2.96. The molecule has 0 aliphatic carbocycles. The van der Waals surface area contributed by atoms with Crippen molar-refractivity contribution in [2.75, 3.05) is 5.73 Å². The van der Waals surface area contributed by atoms with Gasteiger partial charge in [0.15, 0.2) is 0 Å². The summed E-state index contributed by atoms with van der Waals surface area (Å²) >= 11 is 0. The fourth-order valence-corrected chi connectivity index (χ4v) is 1.98. The molecule has 2 aromatic heterocycles. The SMILES string of the molecule is Cc1ccc(-c2nn(-c3ccncc3)cc2N)cc1F. The first-order chi connectivity index (χ1) is 9.65. The van der Waals surface area contributed by atoms with E-state index in [0.29, 0.717) is 22.5 Å². The Hall–Kier alpha value is -2.69. The maximum Gasteiger partial charge on any atom is 0.126 e. The molecule has 0 saturated carbocycles. The first kappa shape index (κ1) is 12.3. The van der Waals surface area contributed by atoms with Crippen molar-refractivity contribution in [3.05, 3.63) is 60.3 Å². The average Bonchev–Trinajstić information content (AvgIpc) is 2.85. The molecule has 2 heterocycles. The van der Waals surface area contributed by atoms with Gasteiger partial charge < -0.3 is 5.73 Å². The number of aryl methyl sites for hydroxylation is 1. The Bertz CT molecular complexity index is 750. The van der Waals surface area contributed by atoms with Gasteiger partial charge in [0.05, 0.1) is 17.6 Å². The molecule has 5 heteroatoms. The first-order valence-corrected chi connectivity index (χ1v) is 6.17. The third-order valence-electron chi connectivity index (χ3n) is 3.12. The zero-order valence-corrected chi connectivity index (χ0v) is 10.9. The molecule has 0 bridgehead atoms. The summed E-state index contributed by atoms with van der Waals surface area (Å²) in [5.41, 5.74) is 9.17. The van der Waals surface area contributed by atoms with Crippen molar-refractivity contribution < 1.29 is 4.39 Å². The van der Waals surface area contributed by atoms with Crippen LogP contribution in [0, 0.1) is 12.7 Å². The highest BCUT2D eigenvalue weighted by Gasteiger charge is 2.11. The molecule has 0 saturated heterocycles. The number of aromatic nitrogens is 3. The minimum atomic E-state index is -0.264. The zero-order chi connectivity index (χ0) is 14.1. The van der Waals surface area contributed by atoms with Gasteiger partial charge in [-0.3, -0.25) is 4.98 Å². The summed E-state index contributed by atoms with van der Waals surface area (Å²) in [4.78, 5) is 3.96. The molecule has 3 aromatic rings. The lowest BCUT2D eigenvalue weighted by molar-refractivity contribution is 0.619. The monoisotopic (exact) mass is 268 g/mol. The Morgan fingerprint density at radius 2 is 1.90 bits per heavy atom. The molecule has 0 atom stereocenters. The van der Waals surface area contributed by atoms with Gasteiger partial charge in [0.25, 0.3) is 0 Å². The minimum Gasteiger partial charge on any atom is -0.396 e. The van der Waals surface area contributed by atoms with Crippen LogP contribution < -0.4 is 5.73 Å². The molecule has 2 N–H and O–H groups in total. The van der Waals surface area contributed by atoms with E-state index in [2.05, 4.69) is 10.1 Å². The van der Waals surface area contributed by atoms with Crippen LogP contribution in [0.2, 0.25) is 0 Å². The third kappa shape index (κ3) is 2.14. The van der Waals surface area contributed by atoms with Crippen LogP contribution in [0.1, 0.15) is 5.56 Å². The molecule has 4 nitrogen and oxygen atoms in total. The van der Waals surface area contributed by atoms with E-state index < -0.39 is 0 Å². The maximum atomic E-state index is 13.6. The van der Waals surface area contributed by atoms with Crippen molar-refractivity contribution in [2.45, 2.75) is 6.92 Å². The lowest BCUT2D eigenvalue weighted by Gasteiger charge is -2.02. The van der Waals surface area contributed by atoms with E-state index in [-0.39, 0.29) is 5.82 Å². The Kier molecular flexibility index (Phi) is 2.95. The number of rotatable bonds is 2. The summed E-state index contributed by atoms with van der Waals surface area (Å²) in [7, 11) is 0. The maximum absolute atomic E-state index is 13.6. The molecule has 0 spiro atoms. The number of nitrogen functional groups attached to an aromatic ring is 1. The average molecular weight is 268 g/mol. The quantitative estimate of drug-likeness (QED) is 0.777. The Labute approximate surface area is 115 Å². The van der Waals surface area contributed by atoms with Gasteiger partial charge in [-0.05, 0) is 30.7 Å². The van der Waals surface area contributed by atoms with Gasteiger partial charge in [-0.2, -0.15) is 5.10 Å². The van der Waals surface area contributed by atoms with Crippen molar-refractivity contribution in [2.24, 2.45) is 0 Å². The van der Waals surface area contributed by atoms with Crippen LogP contribution in [-0.2, 0) is 0 Å². The van der Waals surface area contributed by atoms with Gasteiger partial charge in [0, 0.05) is 18.0 Å². The van der Waals surface area contributed by atoms with E-state index in [1.54, 1.807) is 36.3 Å². The Balaban J connectivity index is 2.07. The van der Waals surface area contributed by atoms with Gasteiger partial charge in [0.1, 0.15) is 11.5 Å². The van der Waals surface area contributed by atoms with Crippen LogP contribution in [0.4, 0.5) is 10.1 Å². The van der Waals surface area contributed by atoms with Crippen LogP contribution in [0.25, 0.3) is 16.9 Å². The highest BCUT2D eigenvalue weighted by atomic mass is 19.1. The van der Waals surface area contributed by atoms with Crippen LogP contribution >= 0.6 is 0 Å². The third-order valence-corrected chi connectivity index (χ3v) is 3.12. The second kappa shape index (κ2) is 4.77. The predicted molar refractivity (Wildman–Crippen MR) is 75.9 cm³/mol. The number of nitrogens with zero attached hydrogens (tertiary/aromatic N) is 3. The fourth-order valence-electron chi connectivity index (χ4n) is 1.98. The smallest absolute Gasteiger partial charge is 0.126 e. The lowest BCUT2D eigenvalue weighted by atomic mass is 10.1. The number of benzene rings is 1. The number of halogens is 1. The number of hydrogen-bond donors (Lipinski definition) is 1. The number of nitrogens with two attached hydrogens (primary N) is 1. The van der Waals surface area contributed by atoms with Crippen molar-refractivity contribution in [1.82, 2.24) is 14.8 Å². The summed E-state index contributed by atoms with van der Waals surface area (Å²) in [6.45, 7) is 1.72. The lowest BCUT2D eigenvalue weighted by Crippen LogP contribution is -1.95. The topological polar surface area (TPSA) is 56.7 Å². The Morgan fingerprint density at radius 1 is 1.15 bits per heavy atom. The molecule has 3 rings (SSSR count). The summed E-state index contributed by atoms with van der Waals surface area (Å²) in [6, 6.07) is 8.63. The van der Waals surface area contributed by atoms with Crippen LogP contribution in [0.15, 0.2) is 48.9 Å². The second-order valence-corrected chi connectivity index (χ2v) is 4.55. The van der Waals surface area contributed by atoms with E-state index in [9.17, 15) is 4.39 Å². The number of anilines is 1. The zero-order valence-electron chi connectivity index (χ0n) is 10.9. The number of pyridine rings is 1. The largest absolute Gasteiger partial charge is 0.396 e. The van der Waals surface area contributed by atoms with Gasteiger partial charge in [0.2, 0.25) is 0 Å². The van der Waals surface area contributed by atoms with Crippen molar-refractivity contribution in [3.8, 4) is 16.9 Å². The molecule has 0 radical (unpaired) electrons. The van der Waals surface area contributed by atoms with Crippen LogP contribution in [0.5, 0.6) is 0 Å². The van der Waals surface area contributed by atoms with Crippen LogP contribution in [0.3, 0.4) is 0 Å². The standard InChI is InChI=1S/C15H13FN4/c1-10-2-3-11(8-13(10)16)15-14(17)9-20(19-15)12-4-6-18-7-5-12/h2-9H,17H2,1H3. The molecule has 0 amide bonds. The van der Waals surface area contributed by atoms with E-state index >= 15 is 0 Å². The first-order valence-electron chi connectivity index (χ1n) is 6.17. The highest BCUT2D eigenvalue weighted by molar-refractivity contribution is 5.72. The molecular formula is C15H13FN4. The van der Waals surface area contributed by atoms with E-state index in [1.165, 1.54) is 6.07 Å². The van der Waals surface area contributed by atoms with Gasteiger partial charge in [-0.25, -0.2) is 9.07 Å². The molecule has 20 heavy (non-hydrogen) atoms. The molecule has 0 aliphatic heterocycles.